The monoisotopic (exact) mass is 233 g/mol. The van der Waals surface area contributed by atoms with Gasteiger partial charge in [0.2, 0.25) is 0 Å². The molecule has 0 amide bonds. The molecule has 0 spiro atoms. The molecule has 0 bridgehead atoms. The summed E-state index contributed by atoms with van der Waals surface area (Å²) >= 11 is 0. The second kappa shape index (κ2) is 4.19. The van der Waals surface area contributed by atoms with Crippen molar-refractivity contribution in [3.8, 4) is 0 Å². The van der Waals surface area contributed by atoms with Crippen molar-refractivity contribution < 1.29 is 28.7 Å². The molecule has 6 nitrogen and oxygen atoms in total. The summed E-state index contributed by atoms with van der Waals surface area (Å²) in [7, 11) is 0. The number of carboxylic acid groups (broad SMARTS) is 1. The van der Waals surface area contributed by atoms with E-state index in [1.165, 1.54) is 0 Å². The predicted octanol–water partition coefficient (Wildman–Crippen LogP) is 0.991. The number of aliphatic carboxylic acids is 1. The lowest BCUT2D eigenvalue weighted by Crippen LogP contribution is -2.15. The molecule has 0 aliphatic carbocycles. The van der Waals surface area contributed by atoms with E-state index in [0.717, 1.165) is 0 Å². The lowest BCUT2D eigenvalue weighted by molar-refractivity contribution is -0.386. The fourth-order valence-electron chi connectivity index (χ4n) is 1.10. The van der Waals surface area contributed by atoms with Gasteiger partial charge in [-0.2, -0.15) is 0 Å². The summed E-state index contributed by atoms with van der Waals surface area (Å²) in [6.07, 6.45) is -2.49. The van der Waals surface area contributed by atoms with Gasteiger partial charge in [0.1, 0.15) is 5.56 Å². The molecule has 0 saturated heterocycles. The summed E-state index contributed by atoms with van der Waals surface area (Å²) in [4.78, 5) is 19.7. The summed E-state index contributed by atoms with van der Waals surface area (Å²) in [6.45, 7) is 0. The number of aliphatic hydroxyl groups excluding tert-OH is 1. The van der Waals surface area contributed by atoms with E-state index >= 15 is 0 Å². The fourth-order valence-corrected chi connectivity index (χ4v) is 1.10. The number of hydrogen-bond acceptors (Lipinski definition) is 4. The molecule has 0 aliphatic rings. The van der Waals surface area contributed by atoms with Gasteiger partial charge in [-0.05, 0) is 6.07 Å². The summed E-state index contributed by atoms with van der Waals surface area (Å²) in [5.41, 5.74) is -2.19. The Kier molecular flexibility index (Phi) is 3.14. The number of nitrogens with zero attached hydrogens (tertiary/aromatic N) is 1. The zero-order chi connectivity index (χ0) is 12.5. The van der Waals surface area contributed by atoms with E-state index in [1.807, 2.05) is 0 Å². The maximum absolute atomic E-state index is 13.1. The molecule has 8 heteroatoms. The molecule has 16 heavy (non-hydrogen) atoms. The molecule has 1 atom stereocenters. The van der Waals surface area contributed by atoms with Gasteiger partial charge in [0.05, 0.1) is 4.92 Å². The summed E-state index contributed by atoms with van der Waals surface area (Å²) in [5, 5.41) is 27.8. The number of halogens is 2. The minimum Gasteiger partial charge on any atom is -0.479 e. The Bertz CT molecular complexity index is 462. The Balaban J connectivity index is 3.49. The molecular formula is C8H5F2NO5. The Labute approximate surface area is 86.9 Å². The van der Waals surface area contributed by atoms with E-state index in [0.29, 0.717) is 12.1 Å². The first-order valence-electron chi connectivity index (χ1n) is 3.89. The first-order chi connectivity index (χ1) is 7.36. The van der Waals surface area contributed by atoms with Crippen LogP contribution in [0.5, 0.6) is 0 Å². The van der Waals surface area contributed by atoms with Crippen LogP contribution in [0.2, 0.25) is 0 Å². The molecule has 86 valence electrons. The van der Waals surface area contributed by atoms with Crippen LogP contribution in [0.25, 0.3) is 0 Å². The van der Waals surface area contributed by atoms with Gasteiger partial charge in [-0.25, -0.2) is 13.6 Å². The highest BCUT2D eigenvalue weighted by molar-refractivity contribution is 5.76. The normalized spacial score (nSPS) is 12.2. The molecule has 1 rings (SSSR count). The van der Waals surface area contributed by atoms with Crippen molar-refractivity contribution in [3.63, 3.8) is 0 Å². The molecule has 0 aliphatic heterocycles. The molecule has 0 aromatic heterocycles. The van der Waals surface area contributed by atoms with E-state index in [1.54, 1.807) is 0 Å². The van der Waals surface area contributed by atoms with Crippen molar-refractivity contribution in [2.24, 2.45) is 0 Å². The Morgan fingerprint density at radius 3 is 2.44 bits per heavy atom. The standard InChI is InChI=1S/C8H5F2NO5/c9-3-1-2-4(11(15)16)5(6(3)10)7(12)8(13)14/h1-2,7,12H,(H,13,14). The third-order valence-corrected chi connectivity index (χ3v) is 1.81. The van der Waals surface area contributed by atoms with Crippen LogP contribution >= 0.6 is 0 Å². The molecule has 0 saturated carbocycles. The van der Waals surface area contributed by atoms with Crippen LogP contribution in [0.4, 0.5) is 14.5 Å². The summed E-state index contributed by atoms with van der Waals surface area (Å²) in [6, 6.07) is 1.06. The van der Waals surface area contributed by atoms with Gasteiger partial charge >= 0.3 is 5.97 Å². The smallest absolute Gasteiger partial charge is 0.337 e. The van der Waals surface area contributed by atoms with Gasteiger partial charge in [0, 0.05) is 6.07 Å². The number of benzene rings is 1. The summed E-state index contributed by atoms with van der Waals surface area (Å²) in [5.74, 6) is -5.13. The molecule has 1 aromatic rings. The third kappa shape index (κ3) is 1.96. The van der Waals surface area contributed by atoms with Crippen LogP contribution < -0.4 is 0 Å². The van der Waals surface area contributed by atoms with Crippen LogP contribution in [-0.2, 0) is 4.79 Å². The number of nitro benzene ring substituents is 1. The molecule has 2 N–H and O–H groups in total. The number of nitro groups is 1. The average molecular weight is 233 g/mol. The molecule has 0 heterocycles. The van der Waals surface area contributed by atoms with Crippen molar-refractivity contribution in [1.29, 1.82) is 0 Å². The van der Waals surface area contributed by atoms with Crippen molar-refractivity contribution in [2.75, 3.05) is 0 Å². The van der Waals surface area contributed by atoms with Crippen LogP contribution in [0.15, 0.2) is 12.1 Å². The van der Waals surface area contributed by atoms with Crippen LogP contribution in [0.1, 0.15) is 11.7 Å². The van der Waals surface area contributed by atoms with Gasteiger partial charge < -0.3 is 10.2 Å². The van der Waals surface area contributed by atoms with Crippen LogP contribution in [0, 0.1) is 21.7 Å². The second-order valence-electron chi connectivity index (χ2n) is 2.79. The molecule has 0 radical (unpaired) electrons. The number of hydrogen-bond donors (Lipinski definition) is 2. The molecule has 0 fully saturated rings. The maximum atomic E-state index is 13.1. The van der Waals surface area contributed by atoms with E-state index in [9.17, 15) is 23.7 Å². The molecule has 1 aromatic carbocycles. The molecular weight excluding hydrogens is 228 g/mol. The lowest BCUT2D eigenvalue weighted by atomic mass is 10.1. The highest BCUT2D eigenvalue weighted by atomic mass is 19.2. The predicted molar refractivity (Wildman–Crippen MR) is 45.6 cm³/mol. The SMILES string of the molecule is O=C(O)C(O)c1c([N+](=O)[O-])ccc(F)c1F. The zero-order valence-corrected chi connectivity index (χ0v) is 7.55. The van der Waals surface area contributed by atoms with E-state index in [2.05, 4.69) is 0 Å². The maximum Gasteiger partial charge on any atom is 0.337 e. The van der Waals surface area contributed by atoms with E-state index in [-0.39, 0.29) is 0 Å². The highest BCUT2D eigenvalue weighted by Gasteiger charge is 2.31. The quantitative estimate of drug-likeness (QED) is 0.598. The van der Waals surface area contributed by atoms with Crippen molar-refractivity contribution in [3.05, 3.63) is 39.4 Å². The Morgan fingerprint density at radius 1 is 1.44 bits per heavy atom. The number of carbonyl (C=O) groups is 1. The first kappa shape index (κ1) is 12.0. The molecule has 1 unspecified atom stereocenters. The average Bonchev–Trinajstić information content (AvgIpc) is 2.20. The van der Waals surface area contributed by atoms with Gasteiger partial charge in [-0.3, -0.25) is 10.1 Å². The lowest BCUT2D eigenvalue weighted by Gasteiger charge is -2.08. The number of rotatable bonds is 3. The fraction of sp³-hybridized carbons (Fsp3) is 0.125. The van der Waals surface area contributed by atoms with Crippen molar-refractivity contribution in [2.45, 2.75) is 6.10 Å². The van der Waals surface area contributed by atoms with Crippen molar-refractivity contribution >= 4 is 11.7 Å². The largest absolute Gasteiger partial charge is 0.479 e. The minimum atomic E-state index is -2.49. The van der Waals surface area contributed by atoms with E-state index < -0.39 is 39.9 Å². The second-order valence-corrected chi connectivity index (χ2v) is 2.79. The van der Waals surface area contributed by atoms with Gasteiger partial charge in [-0.15, -0.1) is 0 Å². The number of aliphatic hydroxyl groups is 1. The zero-order valence-electron chi connectivity index (χ0n) is 7.55. The number of carboxylic acids is 1. The van der Waals surface area contributed by atoms with Crippen LogP contribution in [0.3, 0.4) is 0 Å². The topological polar surface area (TPSA) is 101 Å². The van der Waals surface area contributed by atoms with Gasteiger partial charge in [0.15, 0.2) is 17.7 Å². The summed E-state index contributed by atoms with van der Waals surface area (Å²) < 4.78 is 25.9. The minimum absolute atomic E-state index is 0.478. The van der Waals surface area contributed by atoms with E-state index in [4.69, 9.17) is 10.2 Å². The highest BCUT2D eigenvalue weighted by Crippen LogP contribution is 2.29. The van der Waals surface area contributed by atoms with Gasteiger partial charge in [-0.1, -0.05) is 0 Å². The third-order valence-electron chi connectivity index (χ3n) is 1.81. The van der Waals surface area contributed by atoms with Crippen LogP contribution in [-0.4, -0.2) is 21.1 Å². The van der Waals surface area contributed by atoms with Crippen molar-refractivity contribution in [1.82, 2.24) is 0 Å². The Hall–Kier alpha value is -2.09. The Morgan fingerprint density at radius 2 is 2.00 bits per heavy atom. The first-order valence-corrected chi connectivity index (χ1v) is 3.89. The van der Waals surface area contributed by atoms with Gasteiger partial charge in [0.25, 0.3) is 5.69 Å².